The lowest BCUT2D eigenvalue weighted by atomic mass is 10.2. The number of fused-ring (bicyclic) bond motifs is 3. The van der Waals surface area contributed by atoms with E-state index in [9.17, 15) is 13.2 Å². The highest BCUT2D eigenvalue weighted by molar-refractivity contribution is 7.91. The highest BCUT2D eigenvalue weighted by Crippen LogP contribution is 2.24. The van der Waals surface area contributed by atoms with Crippen molar-refractivity contribution in [2.24, 2.45) is 0 Å². The number of amides is 1. The zero-order valence-electron chi connectivity index (χ0n) is 16.5. The number of carbonyl (C=O) groups is 1. The summed E-state index contributed by atoms with van der Waals surface area (Å²) in [6.45, 7) is 2.88. The number of nitrogens with one attached hydrogen (secondary N) is 1. The summed E-state index contributed by atoms with van der Waals surface area (Å²) in [5, 5.41) is 2.81. The summed E-state index contributed by atoms with van der Waals surface area (Å²) in [6.07, 6.45) is 4.43. The second-order valence-corrected chi connectivity index (χ2v) is 9.73. The van der Waals surface area contributed by atoms with Crippen LogP contribution >= 0.6 is 0 Å². The van der Waals surface area contributed by atoms with E-state index < -0.39 is 9.84 Å². The van der Waals surface area contributed by atoms with Crippen molar-refractivity contribution in [3.05, 3.63) is 53.9 Å². The highest BCUT2D eigenvalue weighted by atomic mass is 32.2. The third-order valence-electron chi connectivity index (χ3n) is 5.37. The predicted octanol–water partition coefficient (Wildman–Crippen LogP) is 3.87. The minimum absolute atomic E-state index is 0.0893. The number of aryl methyl sites for hydroxylation is 3. The van der Waals surface area contributed by atoms with Gasteiger partial charge in [0, 0.05) is 25.1 Å². The van der Waals surface area contributed by atoms with E-state index in [2.05, 4.69) is 9.88 Å². The highest BCUT2D eigenvalue weighted by Gasteiger charge is 2.17. The molecule has 0 aliphatic carbocycles. The number of carbonyl (C=O) groups excluding carboxylic acids is 1. The van der Waals surface area contributed by atoms with Gasteiger partial charge in [0.05, 0.1) is 21.7 Å². The molecule has 152 valence electrons. The Balaban J connectivity index is 1.43. The summed E-state index contributed by atoms with van der Waals surface area (Å²) in [4.78, 5) is 17.3. The maximum absolute atomic E-state index is 12.4. The number of aromatic nitrogens is 2. The first-order valence-corrected chi connectivity index (χ1v) is 11.7. The third-order valence-corrected chi connectivity index (χ3v) is 7.10. The van der Waals surface area contributed by atoms with Gasteiger partial charge in [-0.3, -0.25) is 4.79 Å². The Morgan fingerprint density at radius 2 is 1.90 bits per heavy atom. The van der Waals surface area contributed by atoms with E-state index in [4.69, 9.17) is 4.98 Å². The summed E-state index contributed by atoms with van der Waals surface area (Å²) in [7, 11) is -3.48. The third kappa shape index (κ3) is 4.34. The van der Waals surface area contributed by atoms with Crippen molar-refractivity contribution in [3.8, 4) is 0 Å². The van der Waals surface area contributed by atoms with Crippen molar-refractivity contribution in [2.75, 3.05) is 11.1 Å². The number of anilines is 1. The SMILES string of the molecule is Cc1ccc(S(=O)(=O)CCC(=O)Nc2ccc3c(c2)nc2n3CCCCC2)cc1. The lowest BCUT2D eigenvalue weighted by molar-refractivity contribution is -0.115. The molecule has 1 aromatic heterocycles. The zero-order valence-corrected chi connectivity index (χ0v) is 17.3. The van der Waals surface area contributed by atoms with Gasteiger partial charge in [-0.15, -0.1) is 0 Å². The number of benzene rings is 2. The van der Waals surface area contributed by atoms with Crippen LogP contribution in [0.1, 0.15) is 37.1 Å². The Kier molecular flexibility index (Phi) is 5.41. The molecular formula is C22H25N3O3S. The van der Waals surface area contributed by atoms with Gasteiger partial charge in [-0.25, -0.2) is 13.4 Å². The van der Waals surface area contributed by atoms with Gasteiger partial charge in [0.1, 0.15) is 5.82 Å². The smallest absolute Gasteiger partial charge is 0.225 e. The molecule has 0 bridgehead atoms. The van der Waals surface area contributed by atoms with Crippen LogP contribution in [0.4, 0.5) is 5.69 Å². The van der Waals surface area contributed by atoms with Gasteiger partial charge in [0.25, 0.3) is 0 Å². The molecule has 0 fully saturated rings. The van der Waals surface area contributed by atoms with Gasteiger partial charge >= 0.3 is 0 Å². The topological polar surface area (TPSA) is 81.1 Å². The van der Waals surface area contributed by atoms with Crippen LogP contribution in [0.5, 0.6) is 0 Å². The van der Waals surface area contributed by atoms with Crippen molar-refractivity contribution < 1.29 is 13.2 Å². The molecule has 1 aliphatic rings. The maximum atomic E-state index is 12.4. The van der Waals surface area contributed by atoms with Crippen LogP contribution in [0.15, 0.2) is 47.4 Å². The summed E-state index contributed by atoms with van der Waals surface area (Å²) < 4.78 is 27.1. The lowest BCUT2D eigenvalue weighted by Gasteiger charge is -2.08. The van der Waals surface area contributed by atoms with E-state index in [0.717, 1.165) is 48.2 Å². The van der Waals surface area contributed by atoms with Crippen LogP contribution in [0, 0.1) is 6.92 Å². The molecule has 1 N–H and O–H groups in total. The molecule has 0 radical (unpaired) electrons. The molecule has 2 heterocycles. The van der Waals surface area contributed by atoms with E-state index >= 15 is 0 Å². The molecule has 2 aromatic carbocycles. The molecule has 29 heavy (non-hydrogen) atoms. The molecule has 7 heteroatoms. The van der Waals surface area contributed by atoms with Crippen LogP contribution in [-0.2, 0) is 27.6 Å². The number of hydrogen-bond acceptors (Lipinski definition) is 4. The fourth-order valence-electron chi connectivity index (χ4n) is 3.74. The van der Waals surface area contributed by atoms with E-state index in [1.54, 1.807) is 24.3 Å². The zero-order chi connectivity index (χ0) is 20.4. The van der Waals surface area contributed by atoms with Crippen molar-refractivity contribution >= 4 is 32.5 Å². The molecule has 0 saturated heterocycles. The fourth-order valence-corrected chi connectivity index (χ4v) is 4.98. The monoisotopic (exact) mass is 411 g/mol. The summed E-state index contributed by atoms with van der Waals surface area (Å²) in [6, 6.07) is 12.4. The van der Waals surface area contributed by atoms with Crippen molar-refractivity contribution in [1.82, 2.24) is 9.55 Å². The Bertz CT molecular complexity index is 1150. The average molecular weight is 412 g/mol. The fraction of sp³-hybridized carbons (Fsp3) is 0.364. The molecule has 0 saturated carbocycles. The Morgan fingerprint density at radius 3 is 2.69 bits per heavy atom. The molecule has 6 nitrogen and oxygen atoms in total. The molecule has 0 spiro atoms. The van der Waals surface area contributed by atoms with Crippen LogP contribution in [-0.4, -0.2) is 29.6 Å². The average Bonchev–Trinajstić information content (AvgIpc) is 2.87. The van der Waals surface area contributed by atoms with E-state index in [0.29, 0.717) is 5.69 Å². The van der Waals surface area contributed by atoms with Crippen LogP contribution in [0.25, 0.3) is 11.0 Å². The van der Waals surface area contributed by atoms with Gasteiger partial charge in [-0.1, -0.05) is 24.1 Å². The number of sulfone groups is 1. The minimum atomic E-state index is -3.48. The first-order chi connectivity index (χ1) is 13.9. The molecule has 0 atom stereocenters. The van der Waals surface area contributed by atoms with Gasteiger partial charge in [-0.05, 0) is 50.1 Å². The summed E-state index contributed by atoms with van der Waals surface area (Å²) in [5.41, 5.74) is 3.59. The Labute approximate surface area is 170 Å². The minimum Gasteiger partial charge on any atom is -0.328 e. The van der Waals surface area contributed by atoms with E-state index in [1.165, 1.54) is 6.42 Å². The van der Waals surface area contributed by atoms with Gasteiger partial charge in [0.15, 0.2) is 9.84 Å². The van der Waals surface area contributed by atoms with Gasteiger partial charge < -0.3 is 9.88 Å². The largest absolute Gasteiger partial charge is 0.328 e. The van der Waals surface area contributed by atoms with Crippen molar-refractivity contribution in [2.45, 2.75) is 50.5 Å². The maximum Gasteiger partial charge on any atom is 0.225 e. The summed E-state index contributed by atoms with van der Waals surface area (Å²) >= 11 is 0. The van der Waals surface area contributed by atoms with Gasteiger partial charge in [-0.2, -0.15) is 0 Å². The number of hydrogen-bond donors (Lipinski definition) is 1. The van der Waals surface area contributed by atoms with Crippen molar-refractivity contribution in [1.29, 1.82) is 0 Å². The number of nitrogens with zero attached hydrogens (tertiary/aromatic N) is 2. The molecule has 3 aromatic rings. The van der Waals surface area contributed by atoms with Crippen molar-refractivity contribution in [3.63, 3.8) is 0 Å². The molecular weight excluding hydrogens is 386 g/mol. The van der Waals surface area contributed by atoms with E-state index in [-0.39, 0.29) is 23.0 Å². The molecule has 1 amide bonds. The number of rotatable bonds is 5. The molecule has 4 rings (SSSR count). The Morgan fingerprint density at radius 1 is 1.10 bits per heavy atom. The normalized spacial score (nSPS) is 14.4. The van der Waals surface area contributed by atoms with Crippen LogP contribution in [0.3, 0.4) is 0 Å². The second-order valence-electron chi connectivity index (χ2n) is 7.62. The Hall–Kier alpha value is -2.67. The molecule has 1 aliphatic heterocycles. The first kappa shape index (κ1) is 19.6. The lowest BCUT2D eigenvalue weighted by Crippen LogP contribution is -2.17. The first-order valence-electron chi connectivity index (χ1n) is 10.0. The quantitative estimate of drug-likeness (QED) is 0.691. The second kappa shape index (κ2) is 7.99. The summed E-state index contributed by atoms with van der Waals surface area (Å²) in [5.74, 6) is 0.564. The van der Waals surface area contributed by atoms with Crippen LogP contribution < -0.4 is 5.32 Å². The standard InChI is InChI=1S/C22H25N3O3S/c1-16-6-9-18(10-7-16)29(27,28)14-12-22(26)23-17-8-11-20-19(15-17)24-21-5-3-2-4-13-25(20)21/h6-11,15H,2-5,12-14H2,1H3,(H,23,26). The van der Waals surface area contributed by atoms with Gasteiger partial charge in [0.2, 0.25) is 5.91 Å². The number of imidazole rings is 1. The molecule has 0 unspecified atom stereocenters. The van der Waals surface area contributed by atoms with E-state index in [1.807, 2.05) is 25.1 Å². The van der Waals surface area contributed by atoms with Crippen LogP contribution in [0.2, 0.25) is 0 Å². The predicted molar refractivity (Wildman–Crippen MR) is 114 cm³/mol.